The zero-order valence-corrected chi connectivity index (χ0v) is 24.6. The van der Waals surface area contributed by atoms with E-state index in [0.29, 0.717) is 31.5 Å². The van der Waals surface area contributed by atoms with Crippen LogP contribution in [-0.2, 0) is 11.2 Å². The van der Waals surface area contributed by atoms with Crippen molar-refractivity contribution in [1.29, 1.82) is 0 Å². The van der Waals surface area contributed by atoms with Gasteiger partial charge in [-0.25, -0.2) is 4.79 Å². The van der Waals surface area contributed by atoms with Crippen LogP contribution in [0.5, 0.6) is 5.75 Å². The summed E-state index contributed by atoms with van der Waals surface area (Å²) in [7, 11) is 0. The summed E-state index contributed by atoms with van der Waals surface area (Å²) in [5, 5.41) is 5.07. The Labute approximate surface area is 237 Å². The van der Waals surface area contributed by atoms with Crippen LogP contribution in [0.2, 0.25) is 0 Å². The van der Waals surface area contributed by atoms with Crippen LogP contribution < -0.4 is 10.1 Å². The van der Waals surface area contributed by atoms with Crippen molar-refractivity contribution in [2.24, 2.45) is 5.92 Å². The molecule has 4 rings (SSSR count). The number of urea groups is 1. The standard InChI is InChI=1S/C32H41N3O3S/c1-22(2)14-17-34(32(37)33-26-10-6-24(5)7-11-26)20-31(36)35-18-15-30-28(16-19-39-30)29(35)21-38-27-12-8-25(9-13-27)23(3)4/h6-13,16,19,22-23,29H,14-15,17-18,20-21H2,1-5H3,(H,33,37)/t29-/m1/s1. The molecule has 2 aromatic carbocycles. The van der Waals surface area contributed by atoms with Crippen LogP contribution in [0.15, 0.2) is 60.0 Å². The molecule has 208 valence electrons. The van der Waals surface area contributed by atoms with Crippen LogP contribution >= 0.6 is 11.3 Å². The van der Waals surface area contributed by atoms with Gasteiger partial charge in [0.1, 0.15) is 18.9 Å². The molecule has 2 heterocycles. The first kappa shape index (κ1) is 28.7. The largest absolute Gasteiger partial charge is 0.491 e. The van der Waals surface area contributed by atoms with Gasteiger partial charge in [0.2, 0.25) is 5.91 Å². The molecule has 0 radical (unpaired) electrons. The van der Waals surface area contributed by atoms with Gasteiger partial charge in [0.15, 0.2) is 0 Å². The molecule has 0 unspecified atom stereocenters. The van der Waals surface area contributed by atoms with Gasteiger partial charge in [-0.05, 0) is 78.4 Å². The lowest BCUT2D eigenvalue weighted by Gasteiger charge is -2.37. The van der Waals surface area contributed by atoms with E-state index in [2.05, 4.69) is 56.6 Å². The SMILES string of the molecule is Cc1ccc(NC(=O)N(CCC(C)C)CC(=O)N2CCc3sccc3[C@H]2COc2ccc(C(C)C)cc2)cc1. The molecule has 39 heavy (non-hydrogen) atoms. The number of anilines is 1. The second kappa shape index (κ2) is 13.2. The van der Waals surface area contributed by atoms with Crippen molar-refractivity contribution in [3.63, 3.8) is 0 Å². The van der Waals surface area contributed by atoms with Crippen LogP contribution in [0.1, 0.15) is 67.6 Å². The van der Waals surface area contributed by atoms with E-state index in [9.17, 15) is 9.59 Å². The van der Waals surface area contributed by atoms with Gasteiger partial charge in [-0.2, -0.15) is 0 Å². The molecule has 0 fully saturated rings. The maximum Gasteiger partial charge on any atom is 0.322 e. The van der Waals surface area contributed by atoms with E-state index in [1.54, 1.807) is 16.2 Å². The Balaban J connectivity index is 1.48. The van der Waals surface area contributed by atoms with Gasteiger partial charge in [0, 0.05) is 23.7 Å². The van der Waals surface area contributed by atoms with Crippen LogP contribution in [0.3, 0.4) is 0 Å². The molecule has 1 atom stereocenters. The summed E-state index contributed by atoms with van der Waals surface area (Å²) < 4.78 is 6.22. The van der Waals surface area contributed by atoms with Gasteiger partial charge in [0.05, 0.1) is 6.04 Å². The minimum atomic E-state index is -0.251. The van der Waals surface area contributed by atoms with E-state index in [4.69, 9.17) is 4.74 Å². The number of amides is 3. The molecule has 6 nitrogen and oxygen atoms in total. The predicted octanol–water partition coefficient (Wildman–Crippen LogP) is 7.26. The van der Waals surface area contributed by atoms with Gasteiger partial charge in [0.25, 0.3) is 0 Å². The smallest absolute Gasteiger partial charge is 0.322 e. The molecule has 0 aliphatic carbocycles. The lowest BCUT2D eigenvalue weighted by Crippen LogP contribution is -2.49. The summed E-state index contributed by atoms with van der Waals surface area (Å²) in [5.74, 6) is 1.62. The van der Waals surface area contributed by atoms with E-state index >= 15 is 0 Å². The van der Waals surface area contributed by atoms with E-state index < -0.39 is 0 Å². The lowest BCUT2D eigenvalue weighted by molar-refractivity contribution is -0.135. The van der Waals surface area contributed by atoms with Crippen molar-refractivity contribution in [1.82, 2.24) is 9.80 Å². The number of nitrogens with zero attached hydrogens (tertiary/aromatic N) is 2. The van der Waals surface area contributed by atoms with Crippen molar-refractivity contribution in [2.45, 2.75) is 59.4 Å². The number of ether oxygens (including phenoxy) is 1. The van der Waals surface area contributed by atoms with E-state index in [0.717, 1.165) is 35.4 Å². The molecule has 3 aromatic rings. The number of carbonyl (C=O) groups excluding carboxylic acids is 2. The summed E-state index contributed by atoms with van der Waals surface area (Å²) in [6.07, 6.45) is 1.64. The predicted molar refractivity (Wildman–Crippen MR) is 160 cm³/mol. The first-order valence-electron chi connectivity index (χ1n) is 13.9. The van der Waals surface area contributed by atoms with Crippen molar-refractivity contribution in [2.75, 3.05) is 31.6 Å². The molecule has 1 aliphatic rings. The van der Waals surface area contributed by atoms with Crippen molar-refractivity contribution in [3.8, 4) is 5.75 Å². The highest BCUT2D eigenvalue weighted by molar-refractivity contribution is 7.10. The topological polar surface area (TPSA) is 61.9 Å². The van der Waals surface area contributed by atoms with E-state index in [1.165, 1.54) is 10.4 Å². The highest BCUT2D eigenvalue weighted by Crippen LogP contribution is 2.34. The van der Waals surface area contributed by atoms with Gasteiger partial charge >= 0.3 is 6.03 Å². The van der Waals surface area contributed by atoms with Crippen LogP contribution in [0.4, 0.5) is 10.5 Å². The number of rotatable bonds is 10. The number of nitrogens with one attached hydrogen (secondary N) is 1. The summed E-state index contributed by atoms with van der Waals surface area (Å²) in [6.45, 7) is 12.1. The first-order valence-corrected chi connectivity index (χ1v) is 14.8. The molecule has 0 saturated heterocycles. The van der Waals surface area contributed by atoms with Crippen LogP contribution in [0.25, 0.3) is 0 Å². The Morgan fingerprint density at radius 3 is 2.44 bits per heavy atom. The number of carbonyl (C=O) groups is 2. The average molecular weight is 548 g/mol. The third kappa shape index (κ3) is 7.63. The Hall–Kier alpha value is -3.32. The molecule has 0 bridgehead atoms. The third-order valence-corrected chi connectivity index (χ3v) is 8.26. The first-order chi connectivity index (χ1) is 18.7. The zero-order chi connectivity index (χ0) is 27.9. The van der Waals surface area contributed by atoms with Crippen molar-refractivity contribution >= 4 is 29.0 Å². The summed E-state index contributed by atoms with van der Waals surface area (Å²) in [6, 6.07) is 17.6. The van der Waals surface area contributed by atoms with Crippen LogP contribution in [0, 0.1) is 12.8 Å². The molecular weight excluding hydrogens is 506 g/mol. The quantitative estimate of drug-likeness (QED) is 0.290. The molecular formula is C32H41N3O3S. The highest BCUT2D eigenvalue weighted by Gasteiger charge is 2.33. The number of fused-ring (bicyclic) bond motifs is 1. The highest BCUT2D eigenvalue weighted by atomic mass is 32.1. The fourth-order valence-electron chi connectivity index (χ4n) is 4.76. The lowest BCUT2D eigenvalue weighted by atomic mass is 10.00. The Kier molecular flexibility index (Phi) is 9.68. The van der Waals surface area contributed by atoms with Gasteiger partial charge in [-0.3, -0.25) is 4.79 Å². The molecule has 3 amide bonds. The van der Waals surface area contributed by atoms with Gasteiger partial charge in [-0.15, -0.1) is 11.3 Å². The van der Waals surface area contributed by atoms with E-state index in [-0.39, 0.29) is 24.5 Å². The average Bonchev–Trinajstić information content (AvgIpc) is 3.40. The minimum absolute atomic E-state index is 0.0312. The zero-order valence-electron chi connectivity index (χ0n) is 23.8. The molecule has 0 spiro atoms. The van der Waals surface area contributed by atoms with Crippen molar-refractivity contribution < 1.29 is 14.3 Å². The second-order valence-electron chi connectivity index (χ2n) is 11.1. The van der Waals surface area contributed by atoms with E-state index in [1.807, 2.05) is 48.2 Å². The fraction of sp³-hybridized carbons (Fsp3) is 0.438. The number of aryl methyl sites for hydroxylation is 1. The second-order valence-corrected chi connectivity index (χ2v) is 12.1. The summed E-state index contributed by atoms with van der Waals surface area (Å²) in [4.78, 5) is 31.9. The Bertz CT molecular complexity index is 1230. The number of hydrogen-bond acceptors (Lipinski definition) is 4. The fourth-order valence-corrected chi connectivity index (χ4v) is 5.69. The number of hydrogen-bond donors (Lipinski definition) is 1. The molecule has 7 heteroatoms. The molecule has 1 aliphatic heterocycles. The van der Waals surface area contributed by atoms with Gasteiger partial charge < -0.3 is 19.9 Å². The molecule has 1 aromatic heterocycles. The normalized spacial score (nSPS) is 14.8. The monoisotopic (exact) mass is 547 g/mol. The Morgan fingerprint density at radius 2 is 1.77 bits per heavy atom. The molecule has 0 saturated carbocycles. The molecule has 1 N–H and O–H groups in total. The number of benzene rings is 2. The van der Waals surface area contributed by atoms with Crippen LogP contribution in [-0.4, -0.2) is 48.0 Å². The third-order valence-electron chi connectivity index (χ3n) is 7.26. The van der Waals surface area contributed by atoms with Gasteiger partial charge in [-0.1, -0.05) is 57.5 Å². The minimum Gasteiger partial charge on any atom is -0.491 e. The maximum atomic E-state index is 13.8. The summed E-state index contributed by atoms with van der Waals surface area (Å²) in [5.41, 5.74) is 4.27. The maximum absolute atomic E-state index is 13.8. The summed E-state index contributed by atoms with van der Waals surface area (Å²) >= 11 is 1.73. The Morgan fingerprint density at radius 1 is 1.05 bits per heavy atom. The van der Waals surface area contributed by atoms with Crippen molar-refractivity contribution in [3.05, 3.63) is 81.5 Å². The number of thiophene rings is 1.